The van der Waals surface area contributed by atoms with Crippen LogP contribution in [0.5, 0.6) is 0 Å². The minimum atomic E-state index is 0.406. The van der Waals surface area contributed by atoms with Crippen molar-refractivity contribution in [3.8, 4) is 0 Å². The van der Waals surface area contributed by atoms with Crippen LogP contribution in [0.4, 0.5) is 0 Å². The van der Waals surface area contributed by atoms with Gasteiger partial charge in [0.1, 0.15) is 0 Å². The number of nitrogens with two attached hydrogens (primary N) is 1. The molecule has 0 aliphatic carbocycles. The minimum absolute atomic E-state index is 0.406. The van der Waals surface area contributed by atoms with E-state index in [4.69, 9.17) is 5.73 Å². The van der Waals surface area contributed by atoms with E-state index in [0.717, 1.165) is 11.7 Å². The monoisotopic (exact) mass is 159 g/mol. The van der Waals surface area contributed by atoms with E-state index < -0.39 is 0 Å². The van der Waals surface area contributed by atoms with Gasteiger partial charge >= 0.3 is 0 Å². The highest BCUT2D eigenvalue weighted by Crippen LogP contribution is 2.36. The first-order chi connectivity index (χ1) is 4.52. The largest absolute Gasteiger partial charge is 0.327 e. The lowest BCUT2D eigenvalue weighted by Crippen LogP contribution is -2.36. The first-order valence-electron chi connectivity index (χ1n) is 3.85. The molecule has 0 aromatic rings. The minimum Gasteiger partial charge on any atom is -0.327 e. The van der Waals surface area contributed by atoms with Gasteiger partial charge in [-0.2, -0.15) is 11.8 Å². The summed E-state index contributed by atoms with van der Waals surface area (Å²) >= 11 is 1.99. The van der Waals surface area contributed by atoms with Gasteiger partial charge in [-0.3, -0.25) is 0 Å². The molecule has 0 bridgehead atoms. The number of hydrogen-bond donors (Lipinski definition) is 1. The Morgan fingerprint density at radius 2 is 1.90 bits per heavy atom. The van der Waals surface area contributed by atoms with Crippen LogP contribution in [0, 0.1) is 11.3 Å². The van der Waals surface area contributed by atoms with E-state index >= 15 is 0 Å². The maximum Gasteiger partial charge on any atom is 0.0171 e. The quantitative estimate of drug-likeness (QED) is 0.582. The van der Waals surface area contributed by atoms with Crippen molar-refractivity contribution in [3.63, 3.8) is 0 Å². The Bertz CT molecular complexity index is 117. The van der Waals surface area contributed by atoms with Crippen molar-refractivity contribution in [2.24, 2.45) is 17.1 Å². The van der Waals surface area contributed by atoms with Crippen molar-refractivity contribution in [1.82, 2.24) is 0 Å². The van der Waals surface area contributed by atoms with Gasteiger partial charge in [-0.15, -0.1) is 0 Å². The summed E-state index contributed by atoms with van der Waals surface area (Å²) in [5.41, 5.74) is 6.35. The summed E-state index contributed by atoms with van der Waals surface area (Å²) < 4.78 is 0. The van der Waals surface area contributed by atoms with Gasteiger partial charge in [-0.1, -0.05) is 20.8 Å². The second-order valence-corrected chi connectivity index (χ2v) is 5.25. The third-order valence-electron chi connectivity index (χ3n) is 2.24. The topological polar surface area (TPSA) is 26.0 Å². The van der Waals surface area contributed by atoms with E-state index in [1.165, 1.54) is 5.75 Å². The summed E-state index contributed by atoms with van der Waals surface area (Å²) in [6, 6.07) is 0.435. The summed E-state index contributed by atoms with van der Waals surface area (Å²) in [6.07, 6.45) is 0. The third kappa shape index (κ3) is 1.67. The molecule has 2 atom stereocenters. The van der Waals surface area contributed by atoms with Crippen molar-refractivity contribution in [3.05, 3.63) is 0 Å². The molecular weight excluding hydrogens is 142 g/mol. The highest BCUT2D eigenvalue weighted by Gasteiger charge is 2.33. The molecule has 0 aromatic carbocycles. The predicted octanol–water partition coefficient (Wildman–Crippen LogP) is 1.72. The molecule has 2 unspecified atom stereocenters. The summed E-state index contributed by atoms with van der Waals surface area (Å²) in [4.78, 5) is 0. The molecule has 1 aliphatic rings. The van der Waals surface area contributed by atoms with Crippen molar-refractivity contribution in [2.45, 2.75) is 26.8 Å². The van der Waals surface area contributed by atoms with E-state index in [-0.39, 0.29) is 0 Å². The number of thioether (sulfide) groups is 1. The average molecular weight is 159 g/mol. The van der Waals surface area contributed by atoms with Crippen LogP contribution in [0.3, 0.4) is 0 Å². The van der Waals surface area contributed by atoms with Crippen LogP contribution in [0.25, 0.3) is 0 Å². The molecule has 1 saturated heterocycles. The van der Waals surface area contributed by atoms with Gasteiger partial charge in [0.05, 0.1) is 0 Å². The van der Waals surface area contributed by atoms with E-state index in [0.29, 0.717) is 11.5 Å². The highest BCUT2D eigenvalue weighted by atomic mass is 32.2. The van der Waals surface area contributed by atoms with Gasteiger partial charge in [-0.25, -0.2) is 0 Å². The molecule has 2 heteroatoms. The molecule has 1 heterocycles. The fourth-order valence-corrected chi connectivity index (χ4v) is 3.10. The van der Waals surface area contributed by atoms with E-state index in [9.17, 15) is 0 Å². The Morgan fingerprint density at radius 1 is 1.30 bits per heavy atom. The van der Waals surface area contributed by atoms with Crippen LogP contribution in [0.1, 0.15) is 20.8 Å². The molecule has 1 rings (SSSR count). The third-order valence-corrected chi connectivity index (χ3v) is 3.45. The molecule has 2 N–H and O–H groups in total. The van der Waals surface area contributed by atoms with Gasteiger partial charge in [-0.05, 0) is 17.1 Å². The van der Waals surface area contributed by atoms with E-state index in [2.05, 4.69) is 20.8 Å². The Balaban J connectivity index is 2.55. The van der Waals surface area contributed by atoms with Crippen LogP contribution in [-0.4, -0.2) is 17.5 Å². The lowest BCUT2D eigenvalue weighted by molar-refractivity contribution is 0.245. The van der Waals surface area contributed by atoms with Crippen molar-refractivity contribution < 1.29 is 0 Å². The Morgan fingerprint density at radius 3 is 2.10 bits per heavy atom. The van der Waals surface area contributed by atoms with Crippen LogP contribution >= 0.6 is 11.8 Å². The standard InChI is InChI=1S/C8H17NS/c1-8(2,3)6-4-10-5-7(6)9/h6-7H,4-5,9H2,1-3H3. The molecule has 0 aromatic heterocycles. The van der Waals surface area contributed by atoms with Crippen molar-refractivity contribution in [1.29, 1.82) is 0 Å². The van der Waals surface area contributed by atoms with Crippen molar-refractivity contribution >= 4 is 11.8 Å². The average Bonchev–Trinajstić information content (AvgIpc) is 2.11. The molecule has 1 fully saturated rings. The maximum atomic E-state index is 5.94. The van der Waals surface area contributed by atoms with Crippen LogP contribution < -0.4 is 5.73 Å². The predicted molar refractivity (Wildman–Crippen MR) is 48.2 cm³/mol. The van der Waals surface area contributed by atoms with Gasteiger partial charge in [0.25, 0.3) is 0 Å². The smallest absolute Gasteiger partial charge is 0.0171 e. The number of hydrogen-bond acceptors (Lipinski definition) is 2. The lowest BCUT2D eigenvalue weighted by Gasteiger charge is -2.29. The molecular formula is C8H17NS. The molecule has 1 aliphatic heterocycles. The van der Waals surface area contributed by atoms with Crippen LogP contribution in [-0.2, 0) is 0 Å². The molecule has 60 valence electrons. The zero-order chi connectivity index (χ0) is 7.78. The lowest BCUT2D eigenvalue weighted by atomic mass is 9.78. The molecule has 1 nitrogen and oxygen atoms in total. The molecule has 0 radical (unpaired) electrons. The molecule has 0 spiro atoms. The molecule has 10 heavy (non-hydrogen) atoms. The van der Waals surface area contributed by atoms with Crippen LogP contribution in [0.2, 0.25) is 0 Å². The zero-order valence-electron chi connectivity index (χ0n) is 7.05. The van der Waals surface area contributed by atoms with Gasteiger partial charge < -0.3 is 5.73 Å². The summed E-state index contributed by atoms with van der Waals surface area (Å²) in [6.45, 7) is 6.84. The Hall–Kier alpha value is 0.310. The summed E-state index contributed by atoms with van der Waals surface area (Å²) in [5.74, 6) is 3.13. The second kappa shape index (κ2) is 2.74. The fraction of sp³-hybridized carbons (Fsp3) is 1.00. The SMILES string of the molecule is CC(C)(C)C1CSCC1N. The maximum absolute atomic E-state index is 5.94. The second-order valence-electron chi connectivity index (χ2n) is 4.17. The molecule has 0 amide bonds. The van der Waals surface area contributed by atoms with E-state index in [1.54, 1.807) is 0 Å². The number of rotatable bonds is 0. The van der Waals surface area contributed by atoms with E-state index in [1.807, 2.05) is 11.8 Å². The van der Waals surface area contributed by atoms with Gasteiger partial charge in [0.2, 0.25) is 0 Å². The molecule has 0 saturated carbocycles. The van der Waals surface area contributed by atoms with Crippen molar-refractivity contribution in [2.75, 3.05) is 11.5 Å². The Labute approximate surface area is 67.8 Å². The van der Waals surface area contributed by atoms with Gasteiger partial charge in [0.15, 0.2) is 0 Å². The van der Waals surface area contributed by atoms with Gasteiger partial charge in [0, 0.05) is 11.8 Å². The highest BCUT2D eigenvalue weighted by molar-refractivity contribution is 7.99. The zero-order valence-corrected chi connectivity index (χ0v) is 7.87. The first-order valence-corrected chi connectivity index (χ1v) is 5.00. The fourth-order valence-electron chi connectivity index (χ4n) is 1.46. The first kappa shape index (κ1) is 8.41. The summed E-state index contributed by atoms with van der Waals surface area (Å²) in [5, 5.41) is 0. The Kier molecular flexibility index (Phi) is 2.31. The van der Waals surface area contributed by atoms with Crippen LogP contribution in [0.15, 0.2) is 0 Å². The summed E-state index contributed by atoms with van der Waals surface area (Å²) in [7, 11) is 0. The normalized spacial score (nSPS) is 34.8.